The molecule has 48 heavy (non-hydrogen) atoms. The van der Waals surface area contributed by atoms with Crippen LogP contribution in [0.4, 0.5) is 0 Å². The van der Waals surface area contributed by atoms with Crippen LogP contribution in [-0.4, -0.2) is 50.5 Å². The van der Waals surface area contributed by atoms with E-state index in [9.17, 15) is 34.8 Å². The van der Waals surface area contributed by atoms with E-state index in [1.807, 2.05) is 26.8 Å². The molecule has 1 saturated carbocycles. The fourth-order valence-electron chi connectivity index (χ4n) is 9.95. The number of hydrogen-bond acceptors (Lipinski definition) is 8. The first-order valence-electron chi connectivity index (χ1n) is 17.3. The molecule has 0 bridgehead atoms. The van der Waals surface area contributed by atoms with Crippen LogP contribution in [0.15, 0.2) is 53.0 Å². The predicted molar refractivity (Wildman–Crippen MR) is 182 cm³/mol. The van der Waals surface area contributed by atoms with E-state index in [-0.39, 0.29) is 35.6 Å². The Bertz CT molecular complexity index is 1780. The van der Waals surface area contributed by atoms with Crippen LogP contribution < -0.4 is 4.74 Å². The fourth-order valence-corrected chi connectivity index (χ4v) is 9.95. The summed E-state index contributed by atoms with van der Waals surface area (Å²) in [4.78, 5) is 41.1. The number of Topliss-reactive ketones (excluding diaryl/α,β-unsaturated/α-hetero) is 3. The van der Waals surface area contributed by atoms with Crippen molar-refractivity contribution in [3.05, 3.63) is 69.7 Å². The van der Waals surface area contributed by atoms with Crippen molar-refractivity contribution in [1.29, 1.82) is 0 Å². The summed E-state index contributed by atoms with van der Waals surface area (Å²) >= 11 is 0. The second-order valence-electron chi connectivity index (χ2n) is 15.5. The SMILES string of the molecule is COc1ccc(CCC2CCCCC2)cc1-c1ccc(O)c2c1C[C@]1(C)C[C@]3(C)C(C(C)C)C(O)=C(C(C)=O)C(=O)[C@]3(O)C(O)=C1C2=O. The minimum absolute atomic E-state index is 0.00207. The average Bonchev–Trinajstić information content (AvgIpc) is 3.02. The molecule has 4 atom stereocenters. The highest BCUT2D eigenvalue weighted by molar-refractivity contribution is 6.25. The van der Waals surface area contributed by atoms with Crippen molar-refractivity contribution in [1.82, 2.24) is 0 Å². The van der Waals surface area contributed by atoms with Gasteiger partial charge < -0.3 is 25.2 Å². The summed E-state index contributed by atoms with van der Waals surface area (Å²) in [6.07, 6.45) is 8.66. The molecule has 1 unspecified atom stereocenters. The number of fused-ring (bicyclic) bond motifs is 3. The molecule has 0 aliphatic heterocycles. The van der Waals surface area contributed by atoms with Crippen LogP contribution in [0.25, 0.3) is 11.1 Å². The van der Waals surface area contributed by atoms with E-state index in [1.54, 1.807) is 20.1 Å². The molecule has 0 saturated heterocycles. The molecule has 2 aromatic carbocycles. The number of aromatic hydroxyl groups is 1. The van der Waals surface area contributed by atoms with Gasteiger partial charge in [-0.05, 0) is 79.3 Å². The molecule has 0 radical (unpaired) electrons. The summed E-state index contributed by atoms with van der Waals surface area (Å²) in [5.41, 5.74) is -2.68. The number of aliphatic hydroxyl groups excluding tert-OH is 2. The molecule has 1 fully saturated rings. The number of benzene rings is 2. The zero-order valence-corrected chi connectivity index (χ0v) is 28.9. The average molecular weight is 657 g/mol. The maximum Gasteiger partial charge on any atom is 0.209 e. The molecule has 8 heteroatoms. The van der Waals surface area contributed by atoms with Gasteiger partial charge in [-0.1, -0.05) is 71.9 Å². The number of methoxy groups -OCH3 is 1. The van der Waals surface area contributed by atoms with Crippen LogP contribution in [0.1, 0.15) is 101 Å². The number of carbonyl (C=O) groups excluding carboxylic acids is 3. The Morgan fingerprint density at radius 3 is 2.31 bits per heavy atom. The number of hydrogen-bond donors (Lipinski definition) is 4. The van der Waals surface area contributed by atoms with Crippen LogP contribution in [0.3, 0.4) is 0 Å². The monoisotopic (exact) mass is 656 g/mol. The van der Waals surface area contributed by atoms with Crippen molar-refractivity contribution < 1.29 is 39.5 Å². The fraction of sp³-hybridized carbons (Fsp3) is 0.525. The van der Waals surface area contributed by atoms with Crippen molar-refractivity contribution in [2.45, 2.75) is 98.0 Å². The Morgan fingerprint density at radius 2 is 1.69 bits per heavy atom. The van der Waals surface area contributed by atoms with Crippen molar-refractivity contribution in [3.8, 4) is 22.6 Å². The van der Waals surface area contributed by atoms with Crippen molar-refractivity contribution in [2.24, 2.45) is 28.6 Å². The van der Waals surface area contributed by atoms with Gasteiger partial charge >= 0.3 is 0 Å². The number of ether oxygens (including phenoxy) is 1. The number of aliphatic hydroxyl groups is 3. The van der Waals surface area contributed by atoms with Crippen molar-refractivity contribution >= 4 is 17.3 Å². The highest BCUT2D eigenvalue weighted by atomic mass is 16.5. The molecular weight excluding hydrogens is 608 g/mol. The van der Waals surface area contributed by atoms with Gasteiger partial charge in [0.2, 0.25) is 5.78 Å². The number of aryl methyl sites for hydroxylation is 1. The van der Waals surface area contributed by atoms with E-state index < -0.39 is 56.8 Å². The Labute approximate surface area is 282 Å². The number of phenolic OH excluding ortho intramolecular Hbond substituents is 1. The van der Waals surface area contributed by atoms with E-state index in [2.05, 4.69) is 12.1 Å². The van der Waals surface area contributed by atoms with Crippen LogP contribution >= 0.6 is 0 Å². The smallest absolute Gasteiger partial charge is 0.209 e. The predicted octanol–water partition coefficient (Wildman–Crippen LogP) is 7.54. The lowest BCUT2D eigenvalue weighted by Gasteiger charge is -2.59. The summed E-state index contributed by atoms with van der Waals surface area (Å²) in [5.74, 6) is -3.90. The van der Waals surface area contributed by atoms with Crippen LogP contribution in [0, 0.1) is 28.6 Å². The van der Waals surface area contributed by atoms with Gasteiger partial charge in [-0.3, -0.25) is 14.4 Å². The summed E-state index contributed by atoms with van der Waals surface area (Å²) < 4.78 is 5.81. The van der Waals surface area contributed by atoms with Crippen molar-refractivity contribution in [3.63, 3.8) is 0 Å². The summed E-state index contributed by atoms with van der Waals surface area (Å²) in [6, 6.07) is 9.37. The van der Waals surface area contributed by atoms with E-state index in [4.69, 9.17) is 4.74 Å². The second-order valence-corrected chi connectivity index (χ2v) is 15.5. The number of rotatable bonds is 7. The highest BCUT2D eigenvalue weighted by Crippen LogP contribution is 2.65. The first kappa shape index (κ1) is 34.0. The number of phenols is 1. The Kier molecular flexibility index (Phi) is 8.42. The van der Waals surface area contributed by atoms with E-state index in [1.165, 1.54) is 38.2 Å². The largest absolute Gasteiger partial charge is 0.511 e. The first-order valence-corrected chi connectivity index (χ1v) is 17.3. The molecule has 2 aromatic rings. The highest BCUT2D eigenvalue weighted by Gasteiger charge is 2.71. The summed E-state index contributed by atoms with van der Waals surface area (Å²) in [7, 11) is 1.60. The molecule has 4 N–H and O–H groups in total. The van der Waals surface area contributed by atoms with Gasteiger partial charge in [0.25, 0.3) is 0 Å². The zero-order chi connectivity index (χ0) is 34.9. The molecule has 0 aromatic heterocycles. The Hall–Kier alpha value is -3.91. The summed E-state index contributed by atoms with van der Waals surface area (Å²) in [5, 5.41) is 46.8. The molecule has 6 rings (SSSR count). The number of ketones is 3. The van der Waals surface area contributed by atoms with Gasteiger partial charge in [0.15, 0.2) is 17.2 Å². The minimum atomic E-state index is -2.64. The standard InChI is InChI=1S/C40H48O8/c1-21(2)32-34(43)30(22(3)41)36(45)40(47)37(46)33-35(44)31-27(19-38(33,4)20-39(32,40)5)25(15-16-28(31)42)26-18-24(14-17-29(26)48-6)13-12-23-10-8-7-9-11-23/h14-18,21,23,32,42-43,46-47H,7-13,19-20H2,1-6H3/t32?,38-,39-,40+/m1/s1. The number of carbonyl (C=O) groups is 3. The normalized spacial score (nSPS) is 29.1. The van der Waals surface area contributed by atoms with Gasteiger partial charge in [0.1, 0.15) is 28.6 Å². The van der Waals surface area contributed by atoms with E-state index >= 15 is 0 Å². The zero-order valence-electron chi connectivity index (χ0n) is 28.9. The third kappa shape index (κ3) is 4.85. The van der Waals surface area contributed by atoms with Gasteiger partial charge in [0.05, 0.1) is 12.7 Å². The van der Waals surface area contributed by atoms with Crippen LogP contribution in [0.5, 0.6) is 11.5 Å². The second kappa shape index (κ2) is 11.9. The van der Waals surface area contributed by atoms with Gasteiger partial charge in [-0.25, -0.2) is 0 Å². The van der Waals surface area contributed by atoms with E-state index in [0.29, 0.717) is 11.3 Å². The number of allylic oxidation sites excluding steroid dienone is 2. The molecule has 0 amide bonds. The Balaban J connectivity index is 1.51. The maximum absolute atomic E-state index is 14.5. The van der Waals surface area contributed by atoms with Gasteiger partial charge in [0, 0.05) is 27.9 Å². The minimum Gasteiger partial charge on any atom is -0.511 e. The molecule has 256 valence electrons. The first-order chi connectivity index (χ1) is 22.6. The lowest BCUT2D eigenvalue weighted by Crippen LogP contribution is -2.67. The molecule has 0 spiro atoms. The topological polar surface area (TPSA) is 141 Å². The molecule has 4 aliphatic rings. The molecule has 0 heterocycles. The van der Waals surface area contributed by atoms with Crippen LogP contribution in [0.2, 0.25) is 0 Å². The molecule has 4 aliphatic carbocycles. The Morgan fingerprint density at radius 1 is 1.00 bits per heavy atom. The maximum atomic E-state index is 14.5. The molecule has 8 nitrogen and oxygen atoms in total. The quantitative estimate of drug-likeness (QED) is 0.224. The van der Waals surface area contributed by atoms with Crippen molar-refractivity contribution in [2.75, 3.05) is 7.11 Å². The van der Waals surface area contributed by atoms with Gasteiger partial charge in [-0.2, -0.15) is 0 Å². The van der Waals surface area contributed by atoms with Gasteiger partial charge in [-0.15, -0.1) is 0 Å². The molecular formula is C40H48O8. The summed E-state index contributed by atoms with van der Waals surface area (Å²) in [6.45, 7) is 8.24. The lowest BCUT2D eigenvalue weighted by molar-refractivity contribution is -0.171. The van der Waals surface area contributed by atoms with E-state index in [0.717, 1.165) is 42.4 Å². The lowest BCUT2D eigenvalue weighted by atomic mass is 9.44. The third-order valence-electron chi connectivity index (χ3n) is 12.0. The van der Waals surface area contributed by atoms with Crippen LogP contribution in [-0.2, 0) is 22.4 Å². The third-order valence-corrected chi connectivity index (χ3v) is 12.0.